The molecular weight excluding hydrogens is 849 g/mol. The van der Waals surface area contributed by atoms with E-state index in [0.29, 0.717) is 0 Å². The summed E-state index contributed by atoms with van der Waals surface area (Å²) in [7, 11) is 0. The number of hydrogen-bond donors (Lipinski definition) is 0. The van der Waals surface area contributed by atoms with Gasteiger partial charge in [0.25, 0.3) is 0 Å². The monoisotopic (exact) mass is 890 g/mol. The molecule has 3 heteroatoms. The molecular formula is C67H42N2O. The number of para-hydroxylation sites is 5. The second-order valence-corrected chi connectivity index (χ2v) is 18.7. The highest BCUT2D eigenvalue weighted by Crippen LogP contribution is 2.64. The molecule has 1 spiro atoms. The van der Waals surface area contributed by atoms with Crippen LogP contribution in [0.1, 0.15) is 22.3 Å². The van der Waals surface area contributed by atoms with E-state index in [4.69, 9.17) is 4.42 Å². The summed E-state index contributed by atoms with van der Waals surface area (Å²) in [5, 5.41) is 9.76. The number of nitrogens with zero attached hydrogens (tertiary/aromatic N) is 2. The summed E-state index contributed by atoms with van der Waals surface area (Å²) in [5.74, 6) is 0. The molecule has 13 aromatic rings. The lowest BCUT2D eigenvalue weighted by Gasteiger charge is -2.45. The Bertz CT molecular complexity index is 4180. The zero-order valence-electron chi connectivity index (χ0n) is 38.1. The van der Waals surface area contributed by atoms with Crippen molar-refractivity contribution in [1.82, 2.24) is 0 Å². The minimum Gasteiger partial charge on any atom is -0.455 e. The summed E-state index contributed by atoms with van der Waals surface area (Å²) in [6, 6.07) is 93.8. The third-order valence-corrected chi connectivity index (χ3v) is 15.2. The molecule has 3 nitrogen and oxygen atoms in total. The summed E-state index contributed by atoms with van der Waals surface area (Å²) in [6.07, 6.45) is 0. The van der Waals surface area contributed by atoms with E-state index in [9.17, 15) is 0 Å². The van der Waals surface area contributed by atoms with Gasteiger partial charge in [-0.15, -0.1) is 0 Å². The number of anilines is 6. The maximum Gasteiger partial charge on any atom is 0.143 e. The van der Waals surface area contributed by atoms with Crippen molar-refractivity contribution in [2.45, 2.75) is 5.41 Å². The van der Waals surface area contributed by atoms with E-state index in [1.165, 1.54) is 77.1 Å². The second-order valence-electron chi connectivity index (χ2n) is 18.7. The van der Waals surface area contributed by atoms with Gasteiger partial charge in [-0.2, -0.15) is 0 Å². The van der Waals surface area contributed by atoms with Crippen molar-refractivity contribution in [2.75, 3.05) is 9.80 Å². The van der Waals surface area contributed by atoms with E-state index in [-0.39, 0.29) is 0 Å². The molecule has 0 bridgehead atoms. The molecule has 70 heavy (non-hydrogen) atoms. The topological polar surface area (TPSA) is 19.6 Å². The number of benzene rings is 12. The van der Waals surface area contributed by atoms with E-state index in [1.807, 2.05) is 6.07 Å². The van der Waals surface area contributed by atoms with E-state index in [2.05, 4.69) is 259 Å². The van der Waals surface area contributed by atoms with Gasteiger partial charge in [0.05, 0.1) is 16.8 Å². The Morgan fingerprint density at radius 2 is 0.814 bits per heavy atom. The normalized spacial score (nSPS) is 13.2. The summed E-state index contributed by atoms with van der Waals surface area (Å²) >= 11 is 0. The van der Waals surface area contributed by atoms with Crippen molar-refractivity contribution in [1.29, 1.82) is 0 Å². The van der Waals surface area contributed by atoms with Crippen LogP contribution in [-0.4, -0.2) is 0 Å². The fraction of sp³-hybridized carbons (Fsp3) is 0.0149. The summed E-state index contributed by atoms with van der Waals surface area (Å²) < 4.78 is 6.55. The Morgan fingerprint density at radius 1 is 0.314 bits per heavy atom. The standard InChI is InChI=1S/C67H42N2O/c1-2-17-44(18-3-1)69-63-30-13-11-28-60(63)67(61-29-12-14-31-64(61)69)59-27-10-8-23-54(59)55-40-38-47(42-62(55)67)68(46-37-39-53-51-21-5-4-19-49(51)50-20-6-7-22-52(50)58(53)41-46)45-35-33-43(34-36-45)48-25-16-26-57-56-24-9-15-32-65(56)70-66(48)57/h1-42H. The largest absolute Gasteiger partial charge is 0.455 e. The highest BCUT2D eigenvalue weighted by atomic mass is 16.3. The van der Waals surface area contributed by atoms with Crippen molar-refractivity contribution in [3.63, 3.8) is 0 Å². The number of fused-ring (bicyclic) bond motifs is 18. The van der Waals surface area contributed by atoms with Crippen LogP contribution in [0.15, 0.2) is 259 Å². The fourth-order valence-corrected chi connectivity index (χ4v) is 12.3. The molecule has 0 atom stereocenters. The molecule has 15 rings (SSSR count). The van der Waals surface area contributed by atoms with Gasteiger partial charge in [-0.05, 0) is 138 Å². The van der Waals surface area contributed by atoms with Gasteiger partial charge in [-0.1, -0.05) is 188 Å². The van der Waals surface area contributed by atoms with Crippen LogP contribution in [0.2, 0.25) is 0 Å². The van der Waals surface area contributed by atoms with Gasteiger partial charge in [0, 0.05) is 39.1 Å². The van der Waals surface area contributed by atoms with Crippen molar-refractivity contribution in [3.05, 3.63) is 277 Å². The smallest absolute Gasteiger partial charge is 0.143 e. The zero-order valence-corrected chi connectivity index (χ0v) is 38.1. The van der Waals surface area contributed by atoms with Crippen molar-refractivity contribution >= 4 is 88.4 Å². The average Bonchev–Trinajstić information content (AvgIpc) is 3.96. The van der Waals surface area contributed by atoms with Crippen LogP contribution in [-0.2, 0) is 5.41 Å². The van der Waals surface area contributed by atoms with Gasteiger partial charge < -0.3 is 14.2 Å². The van der Waals surface area contributed by atoms with E-state index >= 15 is 0 Å². The molecule has 1 aliphatic carbocycles. The van der Waals surface area contributed by atoms with Crippen molar-refractivity contribution in [3.8, 4) is 22.3 Å². The van der Waals surface area contributed by atoms with Gasteiger partial charge >= 0.3 is 0 Å². The maximum absolute atomic E-state index is 6.55. The van der Waals surface area contributed by atoms with Crippen molar-refractivity contribution < 1.29 is 4.42 Å². The number of rotatable bonds is 5. The van der Waals surface area contributed by atoms with E-state index in [0.717, 1.165) is 55.8 Å². The number of hydrogen-bond acceptors (Lipinski definition) is 3. The minimum atomic E-state index is -0.598. The first-order chi connectivity index (χ1) is 34.7. The predicted molar refractivity (Wildman–Crippen MR) is 292 cm³/mol. The lowest BCUT2D eigenvalue weighted by molar-refractivity contribution is 0.670. The molecule has 2 aliphatic rings. The molecule has 326 valence electrons. The van der Waals surface area contributed by atoms with Gasteiger partial charge in [-0.25, -0.2) is 0 Å². The van der Waals surface area contributed by atoms with Gasteiger partial charge in [-0.3, -0.25) is 0 Å². The molecule has 0 fully saturated rings. The Labute approximate surface area is 405 Å². The van der Waals surface area contributed by atoms with Crippen LogP contribution < -0.4 is 9.80 Å². The van der Waals surface area contributed by atoms with Crippen LogP contribution >= 0.6 is 0 Å². The van der Waals surface area contributed by atoms with Crippen LogP contribution in [0.25, 0.3) is 76.5 Å². The quantitative estimate of drug-likeness (QED) is 0.161. The molecule has 1 aliphatic heterocycles. The molecule has 12 aromatic carbocycles. The molecule has 1 aromatic heterocycles. The minimum absolute atomic E-state index is 0.598. The first kappa shape index (κ1) is 38.9. The molecule has 0 saturated heterocycles. The molecule has 2 heterocycles. The maximum atomic E-state index is 6.55. The van der Waals surface area contributed by atoms with E-state index in [1.54, 1.807) is 0 Å². The summed E-state index contributed by atoms with van der Waals surface area (Å²) in [5.41, 5.74) is 17.7. The fourth-order valence-electron chi connectivity index (χ4n) is 12.3. The van der Waals surface area contributed by atoms with Crippen LogP contribution in [0.4, 0.5) is 34.1 Å². The molecule has 0 radical (unpaired) electrons. The molecule has 0 saturated carbocycles. The van der Waals surface area contributed by atoms with Gasteiger partial charge in [0.15, 0.2) is 0 Å². The van der Waals surface area contributed by atoms with Crippen molar-refractivity contribution in [2.24, 2.45) is 0 Å². The van der Waals surface area contributed by atoms with Crippen LogP contribution in [0, 0.1) is 0 Å². The SMILES string of the molecule is c1ccc(N2c3ccccc3C3(c4ccccc4-c4ccc(N(c5ccc(-c6cccc7c6oc6ccccc67)cc5)c5ccc6c7ccccc7c7ccccc7c6c5)cc43)c3ccccc32)cc1. The Kier molecular flexibility index (Phi) is 8.28. The van der Waals surface area contributed by atoms with Gasteiger partial charge in [0.2, 0.25) is 0 Å². The molecule has 0 amide bonds. The molecule has 0 unspecified atom stereocenters. The summed E-state index contributed by atoms with van der Waals surface area (Å²) in [6.45, 7) is 0. The first-order valence-electron chi connectivity index (χ1n) is 24.2. The van der Waals surface area contributed by atoms with Gasteiger partial charge in [0.1, 0.15) is 11.2 Å². The summed E-state index contributed by atoms with van der Waals surface area (Å²) in [4.78, 5) is 4.91. The predicted octanol–water partition coefficient (Wildman–Crippen LogP) is 18.3. The second kappa shape index (κ2) is 14.9. The lowest BCUT2D eigenvalue weighted by atomic mass is 9.64. The average molecular weight is 891 g/mol. The molecule has 0 N–H and O–H groups in total. The Balaban J connectivity index is 0.979. The third-order valence-electron chi connectivity index (χ3n) is 15.2. The van der Waals surface area contributed by atoms with E-state index < -0.39 is 5.41 Å². The lowest BCUT2D eigenvalue weighted by Crippen LogP contribution is -2.36. The highest BCUT2D eigenvalue weighted by Gasteiger charge is 2.51. The van der Waals surface area contributed by atoms with Crippen LogP contribution in [0.3, 0.4) is 0 Å². The Hall–Kier alpha value is -9.18. The third kappa shape index (κ3) is 5.40. The number of furan rings is 1. The Morgan fingerprint density at radius 3 is 1.53 bits per heavy atom. The van der Waals surface area contributed by atoms with Crippen LogP contribution in [0.5, 0.6) is 0 Å². The first-order valence-corrected chi connectivity index (χ1v) is 24.2. The highest BCUT2D eigenvalue weighted by molar-refractivity contribution is 6.26. The zero-order chi connectivity index (χ0) is 45.9.